The van der Waals surface area contributed by atoms with Gasteiger partial charge in [-0.1, -0.05) is 13.8 Å². The van der Waals surface area contributed by atoms with Crippen LogP contribution < -0.4 is 10.2 Å². The molecule has 1 aliphatic heterocycles. The summed E-state index contributed by atoms with van der Waals surface area (Å²) >= 11 is 0. The number of nitrogens with zero attached hydrogens (tertiary/aromatic N) is 4. The maximum Gasteiger partial charge on any atom is 0.242 e. The van der Waals surface area contributed by atoms with Gasteiger partial charge in [0.1, 0.15) is 18.0 Å². The standard InChI is InChI=1S/C15H25N5O/c1-11(2)13-14(16-3)17-10-18-15(13)19(4)9-12(21)20-7-5-6-8-20/h10-11H,5-9H2,1-4H3,(H,16,17,18). The molecule has 116 valence electrons. The van der Waals surface area contributed by atoms with E-state index in [1.807, 2.05) is 23.9 Å². The van der Waals surface area contributed by atoms with Crippen LogP contribution in [0.15, 0.2) is 6.33 Å². The lowest BCUT2D eigenvalue weighted by molar-refractivity contribution is -0.128. The molecule has 1 saturated heterocycles. The van der Waals surface area contributed by atoms with E-state index in [4.69, 9.17) is 0 Å². The highest BCUT2D eigenvalue weighted by Crippen LogP contribution is 2.29. The molecule has 0 unspecified atom stereocenters. The van der Waals surface area contributed by atoms with Crippen molar-refractivity contribution in [1.29, 1.82) is 0 Å². The van der Waals surface area contributed by atoms with E-state index in [9.17, 15) is 4.79 Å². The van der Waals surface area contributed by atoms with Crippen molar-refractivity contribution < 1.29 is 4.79 Å². The van der Waals surface area contributed by atoms with Gasteiger partial charge in [-0.3, -0.25) is 4.79 Å². The lowest BCUT2D eigenvalue weighted by atomic mass is 10.0. The Morgan fingerprint density at radius 1 is 1.38 bits per heavy atom. The monoisotopic (exact) mass is 291 g/mol. The van der Waals surface area contributed by atoms with E-state index in [0.29, 0.717) is 6.54 Å². The van der Waals surface area contributed by atoms with Gasteiger partial charge in [0, 0.05) is 32.7 Å². The summed E-state index contributed by atoms with van der Waals surface area (Å²) in [6.07, 6.45) is 3.78. The largest absolute Gasteiger partial charge is 0.373 e. The molecule has 0 saturated carbocycles. The lowest BCUT2D eigenvalue weighted by Gasteiger charge is -2.25. The molecule has 0 spiro atoms. The summed E-state index contributed by atoms with van der Waals surface area (Å²) in [5, 5.41) is 3.11. The van der Waals surface area contributed by atoms with Gasteiger partial charge in [0.05, 0.1) is 6.54 Å². The second-order valence-corrected chi connectivity index (χ2v) is 5.81. The minimum Gasteiger partial charge on any atom is -0.373 e. The van der Waals surface area contributed by atoms with Gasteiger partial charge >= 0.3 is 0 Å². The highest BCUT2D eigenvalue weighted by molar-refractivity contribution is 5.81. The Morgan fingerprint density at radius 3 is 2.62 bits per heavy atom. The van der Waals surface area contributed by atoms with E-state index >= 15 is 0 Å². The Morgan fingerprint density at radius 2 is 2.05 bits per heavy atom. The molecule has 1 amide bonds. The third-order valence-corrected chi connectivity index (χ3v) is 3.87. The van der Waals surface area contributed by atoms with Crippen LogP contribution in [0.3, 0.4) is 0 Å². The lowest BCUT2D eigenvalue weighted by Crippen LogP contribution is -2.38. The van der Waals surface area contributed by atoms with Crippen LogP contribution in [-0.2, 0) is 4.79 Å². The highest BCUT2D eigenvalue weighted by Gasteiger charge is 2.22. The topological polar surface area (TPSA) is 61.4 Å². The fourth-order valence-electron chi connectivity index (χ4n) is 2.77. The SMILES string of the molecule is CNc1ncnc(N(C)CC(=O)N2CCCC2)c1C(C)C. The summed E-state index contributed by atoms with van der Waals surface area (Å²) in [6, 6.07) is 0. The molecule has 6 nitrogen and oxygen atoms in total. The van der Waals surface area contributed by atoms with Crippen LogP contribution in [0, 0.1) is 0 Å². The number of hydrogen-bond acceptors (Lipinski definition) is 5. The zero-order valence-electron chi connectivity index (χ0n) is 13.4. The summed E-state index contributed by atoms with van der Waals surface area (Å²) in [6.45, 7) is 6.35. The molecule has 0 aliphatic carbocycles. The number of carbonyl (C=O) groups excluding carboxylic acids is 1. The maximum atomic E-state index is 12.3. The van der Waals surface area contributed by atoms with E-state index in [1.54, 1.807) is 6.33 Å². The van der Waals surface area contributed by atoms with Gasteiger partial charge in [-0.25, -0.2) is 9.97 Å². The van der Waals surface area contributed by atoms with Crippen molar-refractivity contribution in [2.75, 3.05) is 43.9 Å². The zero-order chi connectivity index (χ0) is 15.4. The van der Waals surface area contributed by atoms with Gasteiger partial charge in [-0.15, -0.1) is 0 Å². The fourth-order valence-corrected chi connectivity index (χ4v) is 2.77. The summed E-state index contributed by atoms with van der Waals surface area (Å²) in [5.41, 5.74) is 1.05. The first-order valence-electron chi connectivity index (χ1n) is 7.56. The molecule has 0 atom stereocenters. The van der Waals surface area contributed by atoms with E-state index in [1.165, 1.54) is 0 Å². The molecule has 1 aromatic heterocycles. The van der Waals surface area contributed by atoms with E-state index in [0.717, 1.165) is 43.1 Å². The van der Waals surface area contributed by atoms with Crippen molar-refractivity contribution in [2.45, 2.75) is 32.6 Å². The van der Waals surface area contributed by atoms with Crippen molar-refractivity contribution in [2.24, 2.45) is 0 Å². The summed E-state index contributed by atoms with van der Waals surface area (Å²) in [7, 11) is 3.77. The van der Waals surface area contributed by atoms with Crippen molar-refractivity contribution >= 4 is 17.5 Å². The van der Waals surface area contributed by atoms with Gasteiger partial charge in [0.15, 0.2) is 0 Å². The Bertz CT molecular complexity index is 497. The molecule has 1 N–H and O–H groups in total. The van der Waals surface area contributed by atoms with Gasteiger partial charge < -0.3 is 15.1 Å². The summed E-state index contributed by atoms with van der Waals surface area (Å²) < 4.78 is 0. The average molecular weight is 291 g/mol. The minimum atomic E-state index is 0.175. The van der Waals surface area contributed by atoms with Crippen LogP contribution in [0.2, 0.25) is 0 Å². The van der Waals surface area contributed by atoms with E-state index in [-0.39, 0.29) is 11.8 Å². The molecule has 1 aromatic rings. The van der Waals surface area contributed by atoms with Crippen molar-refractivity contribution in [1.82, 2.24) is 14.9 Å². The van der Waals surface area contributed by atoms with Gasteiger partial charge in [0.25, 0.3) is 0 Å². The number of anilines is 2. The van der Waals surface area contributed by atoms with Crippen molar-refractivity contribution in [3.05, 3.63) is 11.9 Å². The van der Waals surface area contributed by atoms with Crippen LogP contribution in [0.1, 0.15) is 38.2 Å². The van der Waals surface area contributed by atoms with Crippen LogP contribution in [0.4, 0.5) is 11.6 Å². The zero-order valence-corrected chi connectivity index (χ0v) is 13.4. The third kappa shape index (κ3) is 3.43. The number of amides is 1. The predicted octanol–water partition coefficient (Wildman–Crippen LogP) is 1.70. The normalized spacial score (nSPS) is 14.6. The molecule has 2 heterocycles. The number of aromatic nitrogens is 2. The van der Waals surface area contributed by atoms with Gasteiger partial charge in [-0.05, 0) is 18.8 Å². The summed E-state index contributed by atoms with van der Waals surface area (Å²) in [4.78, 5) is 24.8. The van der Waals surface area contributed by atoms with Crippen LogP contribution in [0.5, 0.6) is 0 Å². The first kappa shape index (κ1) is 15.5. The van der Waals surface area contributed by atoms with Gasteiger partial charge in [-0.2, -0.15) is 0 Å². The Balaban J connectivity index is 2.18. The van der Waals surface area contributed by atoms with Crippen molar-refractivity contribution in [3.8, 4) is 0 Å². The number of hydrogen-bond donors (Lipinski definition) is 1. The second kappa shape index (κ2) is 6.74. The quantitative estimate of drug-likeness (QED) is 0.894. The highest BCUT2D eigenvalue weighted by atomic mass is 16.2. The third-order valence-electron chi connectivity index (χ3n) is 3.87. The Hall–Kier alpha value is -1.85. The predicted molar refractivity (Wildman–Crippen MR) is 84.8 cm³/mol. The summed E-state index contributed by atoms with van der Waals surface area (Å²) in [5.74, 6) is 2.12. The van der Waals surface area contributed by atoms with Crippen LogP contribution in [-0.4, -0.2) is 54.5 Å². The molecule has 1 aliphatic rings. The molecular formula is C15H25N5O. The first-order valence-corrected chi connectivity index (χ1v) is 7.56. The molecule has 6 heteroatoms. The Kier molecular flexibility index (Phi) is 4.98. The molecule has 2 rings (SSSR count). The number of likely N-dealkylation sites (N-methyl/N-ethyl adjacent to an activating group) is 1. The molecule has 0 radical (unpaired) electrons. The number of nitrogens with one attached hydrogen (secondary N) is 1. The van der Waals surface area contributed by atoms with Crippen LogP contribution >= 0.6 is 0 Å². The maximum absolute atomic E-state index is 12.3. The number of rotatable bonds is 5. The minimum absolute atomic E-state index is 0.175. The first-order chi connectivity index (χ1) is 10.0. The van der Waals surface area contributed by atoms with E-state index < -0.39 is 0 Å². The smallest absolute Gasteiger partial charge is 0.242 e. The van der Waals surface area contributed by atoms with E-state index in [2.05, 4.69) is 29.1 Å². The molecule has 1 fully saturated rings. The average Bonchev–Trinajstić information content (AvgIpc) is 3.00. The molecule has 0 aromatic carbocycles. The van der Waals surface area contributed by atoms with Crippen molar-refractivity contribution in [3.63, 3.8) is 0 Å². The number of carbonyl (C=O) groups is 1. The fraction of sp³-hybridized carbons (Fsp3) is 0.667. The van der Waals surface area contributed by atoms with Gasteiger partial charge in [0.2, 0.25) is 5.91 Å². The molecular weight excluding hydrogens is 266 g/mol. The second-order valence-electron chi connectivity index (χ2n) is 5.81. The molecule has 21 heavy (non-hydrogen) atoms. The van der Waals surface area contributed by atoms with Crippen LogP contribution in [0.25, 0.3) is 0 Å². The number of likely N-dealkylation sites (tertiary alicyclic amines) is 1. The Labute approximate surface area is 126 Å². The molecule has 0 bridgehead atoms.